The van der Waals surface area contributed by atoms with Crippen molar-refractivity contribution in [2.24, 2.45) is 0 Å². The number of carbonyl (C=O) groups excluding carboxylic acids is 2. The predicted octanol–water partition coefficient (Wildman–Crippen LogP) is 4.74. The van der Waals surface area contributed by atoms with Gasteiger partial charge in [-0.05, 0) is 37.3 Å². The van der Waals surface area contributed by atoms with Crippen LogP contribution >= 0.6 is 23.2 Å². The molecule has 2 aromatic heterocycles. The van der Waals surface area contributed by atoms with Crippen LogP contribution < -0.4 is 10.1 Å². The number of aromatic nitrogens is 1. The van der Waals surface area contributed by atoms with Crippen molar-refractivity contribution in [3.63, 3.8) is 0 Å². The molecule has 0 spiro atoms. The molecule has 1 aromatic carbocycles. The largest absolute Gasteiger partial charge is 0.486 e. The number of rotatable bonds is 7. The number of nitrogens with one attached hydrogen (secondary N) is 1. The van der Waals surface area contributed by atoms with E-state index in [0.29, 0.717) is 16.5 Å². The quantitative estimate of drug-likeness (QED) is 0.539. The lowest BCUT2D eigenvalue weighted by molar-refractivity contribution is -0.123. The lowest BCUT2D eigenvalue weighted by atomic mass is 10.3. The molecule has 0 aliphatic carbocycles. The van der Waals surface area contributed by atoms with E-state index in [2.05, 4.69) is 10.3 Å². The average molecular weight is 435 g/mol. The normalized spacial score (nSPS) is 11.6. The van der Waals surface area contributed by atoms with E-state index < -0.39 is 18.0 Å². The number of hydrogen-bond acceptors (Lipinski definition) is 6. The van der Waals surface area contributed by atoms with Crippen LogP contribution in [0.4, 0.5) is 5.82 Å². The number of amides is 1. The summed E-state index contributed by atoms with van der Waals surface area (Å²) < 4.78 is 16.1. The van der Waals surface area contributed by atoms with Crippen LogP contribution in [0.25, 0.3) is 0 Å². The standard InChI is InChI=1S/C20H16Cl2N2O5/c1-12(19(25)24-18-16(22)9-13(21)10-23-18)28-20(26)17-8-7-15(29-17)11-27-14-5-3-2-4-6-14/h2-10,12H,11H2,1H3,(H,23,24,25). The summed E-state index contributed by atoms with van der Waals surface area (Å²) in [6, 6.07) is 13.7. The Morgan fingerprint density at radius 2 is 1.93 bits per heavy atom. The van der Waals surface area contributed by atoms with Crippen LogP contribution in [0.1, 0.15) is 23.2 Å². The molecule has 3 aromatic rings. The molecule has 1 atom stereocenters. The number of esters is 1. The Hall–Kier alpha value is -3.03. The molecule has 7 nitrogen and oxygen atoms in total. The van der Waals surface area contributed by atoms with Gasteiger partial charge in [0.25, 0.3) is 5.91 Å². The zero-order valence-corrected chi connectivity index (χ0v) is 16.7. The Morgan fingerprint density at radius 1 is 1.17 bits per heavy atom. The molecule has 150 valence electrons. The molecule has 3 rings (SSSR count). The van der Waals surface area contributed by atoms with Crippen LogP contribution in [0.2, 0.25) is 10.0 Å². The summed E-state index contributed by atoms with van der Waals surface area (Å²) in [7, 11) is 0. The number of pyridine rings is 1. The number of para-hydroxylation sites is 1. The minimum atomic E-state index is -1.11. The van der Waals surface area contributed by atoms with Gasteiger partial charge in [0.05, 0.1) is 10.0 Å². The van der Waals surface area contributed by atoms with Crippen LogP contribution in [0, 0.1) is 0 Å². The molecule has 1 amide bonds. The topological polar surface area (TPSA) is 90.7 Å². The van der Waals surface area contributed by atoms with Gasteiger partial charge in [-0.3, -0.25) is 4.79 Å². The van der Waals surface area contributed by atoms with Crippen LogP contribution in [0.3, 0.4) is 0 Å². The fourth-order valence-electron chi connectivity index (χ4n) is 2.23. The number of nitrogens with zero attached hydrogens (tertiary/aromatic N) is 1. The zero-order valence-electron chi connectivity index (χ0n) is 15.2. The fraction of sp³-hybridized carbons (Fsp3) is 0.150. The highest BCUT2D eigenvalue weighted by Crippen LogP contribution is 2.23. The van der Waals surface area contributed by atoms with Crippen molar-refractivity contribution in [2.75, 3.05) is 5.32 Å². The van der Waals surface area contributed by atoms with Crippen LogP contribution in [0.5, 0.6) is 5.75 Å². The summed E-state index contributed by atoms with van der Waals surface area (Å²) in [5.41, 5.74) is 0. The summed E-state index contributed by atoms with van der Waals surface area (Å²) in [6.07, 6.45) is 0.229. The maximum atomic E-state index is 12.2. The zero-order chi connectivity index (χ0) is 20.8. The second kappa shape index (κ2) is 9.45. The minimum Gasteiger partial charge on any atom is -0.486 e. The Balaban J connectivity index is 1.54. The van der Waals surface area contributed by atoms with Gasteiger partial charge in [-0.1, -0.05) is 41.4 Å². The highest BCUT2D eigenvalue weighted by atomic mass is 35.5. The van der Waals surface area contributed by atoms with E-state index >= 15 is 0 Å². The molecule has 2 heterocycles. The molecule has 0 saturated heterocycles. The van der Waals surface area contributed by atoms with Crippen molar-refractivity contribution < 1.29 is 23.5 Å². The molecule has 1 N–H and O–H groups in total. The summed E-state index contributed by atoms with van der Waals surface area (Å²) in [5, 5.41) is 2.97. The fourth-order valence-corrected chi connectivity index (χ4v) is 2.66. The van der Waals surface area contributed by atoms with Crippen LogP contribution in [-0.4, -0.2) is 23.0 Å². The van der Waals surface area contributed by atoms with E-state index in [9.17, 15) is 9.59 Å². The first-order valence-corrected chi connectivity index (χ1v) is 9.27. The number of halogens is 2. The third-order valence-corrected chi connectivity index (χ3v) is 4.18. The van der Waals surface area contributed by atoms with Gasteiger partial charge in [0.1, 0.15) is 18.1 Å². The first-order chi connectivity index (χ1) is 13.9. The van der Waals surface area contributed by atoms with Gasteiger partial charge in [-0.15, -0.1) is 0 Å². The van der Waals surface area contributed by atoms with E-state index in [1.807, 2.05) is 18.2 Å². The molecular formula is C20H16Cl2N2O5. The summed E-state index contributed by atoms with van der Waals surface area (Å²) in [4.78, 5) is 28.3. The molecular weight excluding hydrogens is 419 g/mol. The third kappa shape index (κ3) is 5.73. The molecule has 0 fully saturated rings. The predicted molar refractivity (Wildman–Crippen MR) is 107 cm³/mol. The molecule has 0 radical (unpaired) electrons. The van der Waals surface area contributed by atoms with E-state index in [4.69, 9.17) is 37.1 Å². The van der Waals surface area contributed by atoms with Crippen molar-refractivity contribution in [1.29, 1.82) is 0 Å². The first kappa shape index (κ1) is 20.7. The number of furan rings is 1. The molecule has 0 aliphatic heterocycles. The molecule has 1 unspecified atom stereocenters. The maximum absolute atomic E-state index is 12.2. The highest BCUT2D eigenvalue weighted by Gasteiger charge is 2.22. The van der Waals surface area contributed by atoms with Gasteiger partial charge < -0.3 is 19.2 Å². The first-order valence-electron chi connectivity index (χ1n) is 8.52. The smallest absolute Gasteiger partial charge is 0.375 e. The van der Waals surface area contributed by atoms with Gasteiger partial charge >= 0.3 is 5.97 Å². The van der Waals surface area contributed by atoms with Gasteiger partial charge in [0.15, 0.2) is 11.9 Å². The minimum absolute atomic E-state index is 0.0426. The number of benzene rings is 1. The average Bonchev–Trinajstić information content (AvgIpc) is 3.18. The Kier molecular flexibility index (Phi) is 6.74. The van der Waals surface area contributed by atoms with Gasteiger partial charge in [0, 0.05) is 6.20 Å². The van der Waals surface area contributed by atoms with E-state index in [0.717, 1.165) is 0 Å². The Labute approximate surface area is 176 Å². The van der Waals surface area contributed by atoms with E-state index in [-0.39, 0.29) is 23.2 Å². The van der Waals surface area contributed by atoms with E-state index in [1.165, 1.54) is 25.3 Å². The summed E-state index contributed by atoms with van der Waals surface area (Å²) in [5.74, 6) is -0.202. The van der Waals surface area contributed by atoms with Gasteiger partial charge in [-0.25, -0.2) is 9.78 Å². The van der Waals surface area contributed by atoms with Gasteiger partial charge in [-0.2, -0.15) is 0 Å². The Morgan fingerprint density at radius 3 is 2.66 bits per heavy atom. The summed E-state index contributed by atoms with van der Waals surface area (Å²) in [6.45, 7) is 1.56. The van der Waals surface area contributed by atoms with Gasteiger partial charge in [0.2, 0.25) is 5.76 Å². The second-order valence-corrected chi connectivity index (χ2v) is 6.73. The lowest BCUT2D eigenvalue weighted by Gasteiger charge is -2.13. The maximum Gasteiger partial charge on any atom is 0.375 e. The second-order valence-electron chi connectivity index (χ2n) is 5.89. The molecule has 0 saturated carbocycles. The number of carbonyl (C=O) groups is 2. The SMILES string of the molecule is CC(OC(=O)c1ccc(COc2ccccc2)o1)C(=O)Nc1ncc(Cl)cc1Cl. The Bertz CT molecular complexity index is 1010. The molecule has 0 bridgehead atoms. The van der Waals surface area contributed by atoms with Crippen molar-refractivity contribution in [3.05, 3.63) is 76.3 Å². The molecule has 9 heteroatoms. The van der Waals surface area contributed by atoms with Crippen LogP contribution in [-0.2, 0) is 16.1 Å². The summed E-state index contributed by atoms with van der Waals surface area (Å²) >= 11 is 11.7. The van der Waals surface area contributed by atoms with Crippen molar-refractivity contribution >= 4 is 40.9 Å². The van der Waals surface area contributed by atoms with Crippen molar-refractivity contribution in [2.45, 2.75) is 19.6 Å². The van der Waals surface area contributed by atoms with Crippen molar-refractivity contribution in [1.82, 2.24) is 4.98 Å². The number of hydrogen-bond donors (Lipinski definition) is 1. The van der Waals surface area contributed by atoms with Crippen molar-refractivity contribution in [3.8, 4) is 5.75 Å². The third-order valence-electron chi connectivity index (χ3n) is 3.69. The highest BCUT2D eigenvalue weighted by molar-refractivity contribution is 6.36. The number of ether oxygens (including phenoxy) is 2. The number of anilines is 1. The monoisotopic (exact) mass is 434 g/mol. The van der Waals surface area contributed by atoms with Crippen LogP contribution in [0.15, 0.2) is 59.1 Å². The molecule has 29 heavy (non-hydrogen) atoms. The lowest BCUT2D eigenvalue weighted by Crippen LogP contribution is -2.30. The molecule has 0 aliphatic rings. The van der Waals surface area contributed by atoms with E-state index in [1.54, 1.807) is 18.2 Å².